The lowest BCUT2D eigenvalue weighted by molar-refractivity contribution is -0.120. The van der Waals surface area contributed by atoms with E-state index in [1.807, 2.05) is 33.8 Å². The van der Waals surface area contributed by atoms with Crippen LogP contribution in [0.5, 0.6) is 0 Å². The van der Waals surface area contributed by atoms with E-state index in [1.165, 1.54) is 0 Å². The molecule has 0 fully saturated rings. The molecule has 2 rings (SSSR count). The Bertz CT molecular complexity index is 597. The van der Waals surface area contributed by atoms with Crippen LogP contribution in [0.25, 0.3) is 11.5 Å². The van der Waals surface area contributed by atoms with Crippen LogP contribution in [-0.2, 0) is 4.79 Å². The number of amides is 1. The van der Waals surface area contributed by atoms with Gasteiger partial charge in [0.05, 0.1) is 5.56 Å². The fourth-order valence-electron chi connectivity index (χ4n) is 2.09. The molecule has 0 aliphatic carbocycles. The van der Waals surface area contributed by atoms with Crippen molar-refractivity contribution in [3.63, 3.8) is 0 Å². The first-order valence-electron chi connectivity index (χ1n) is 6.76. The van der Waals surface area contributed by atoms with E-state index in [0.29, 0.717) is 11.7 Å². The third-order valence-electron chi connectivity index (χ3n) is 3.28. The number of hydrogen-bond donors (Lipinski definition) is 1. The van der Waals surface area contributed by atoms with Gasteiger partial charge < -0.3 is 8.83 Å². The predicted molar refractivity (Wildman–Crippen MR) is 74.2 cm³/mol. The third kappa shape index (κ3) is 2.89. The summed E-state index contributed by atoms with van der Waals surface area (Å²) in [7, 11) is 0. The molecule has 2 aromatic rings. The van der Waals surface area contributed by atoms with Gasteiger partial charge in [-0.1, -0.05) is 18.9 Å². The number of carbonyl (C=O) groups excluding carboxylic acids is 1. The van der Waals surface area contributed by atoms with E-state index < -0.39 is 0 Å². The minimum atomic E-state index is -0.0923. The molecule has 0 saturated heterocycles. The smallest absolute Gasteiger partial charge is 0.322 e. The summed E-state index contributed by atoms with van der Waals surface area (Å²) in [4.78, 5) is 11.9. The van der Waals surface area contributed by atoms with Crippen LogP contribution in [0.1, 0.15) is 38.2 Å². The van der Waals surface area contributed by atoms with Crippen molar-refractivity contribution in [2.75, 3.05) is 5.32 Å². The normalized spacial score (nSPS) is 11.1. The summed E-state index contributed by atoms with van der Waals surface area (Å²) in [6.45, 7) is 7.63. The maximum Gasteiger partial charge on any atom is 0.322 e. The van der Waals surface area contributed by atoms with E-state index in [-0.39, 0.29) is 17.8 Å². The van der Waals surface area contributed by atoms with Gasteiger partial charge in [-0.15, -0.1) is 5.10 Å². The zero-order chi connectivity index (χ0) is 14.7. The van der Waals surface area contributed by atoms with Gasteiger partial charge in [0.1, 0.15) is 11.5 Å². The second-order valence-corrected chi connectivity index (χ2v) is 4.74. The molecular weight excluding hydrogens is 258 g/mol. The van der Waals surface area contributed by atoms with Crippen LogP contribution in [-0.4, -0.2) is 16.1 Å². The Hall–Kier alpha value is -2.11. The first-order valence-corrected chi connectivity index (χ1v) is 6.76. The van der Waals surface area contributed by atoms with E-state index >= 15 is 0 Å². The molecule has 0 aliphatic heterocycles. The molecule has 2 heterocycles. The highest BCUT2D eigenvalue weighted by Crippen LogP contribution is 2.26. The number of nitrogens with one attached hydrogen (secondary N) is 1. The summed E-state index contributed by atoms with van der Waals surface area (Å²) in [6, 6.07) is 1.95. The van der Waals surface area contributed by atoms with Crippen molar-refractivity contribution in [2.24, 2.45) is 5.92 Å². The zero-order valence-corrected chi connectivity index (χ0v) is 12.2. The second-order valence-electron chi connectivity index (χ2n) is 4.74. The van der Waals surface area contributed by atoms with Crippen molar-refractivity contribution >= 4 is 11.9 Å². The SMILES string of the molecule is CCC(CC)C(=O)Nc1nnc(-c2cc(C)oc2C)o1. The monoisotopic (exact) mass is 277 g/mol. The Labute approximate surface area is 117 Å². The van der Waals surface area contributed by atoms with E-state index in [9.17, 15) is 4.79 Å². The Balaban J connectivity index is 2.13. The molecule has 0 radical (unpaired) electrons. The van der Waals surface area contributed by atoms with Gasteiger partial charge in [0.2, 0.25) is 5.91 Å². The van der Waals surface area contributed by atoms with Crippen molar-refractivity contribution < 1.29 is 13.6 Å². The van der Waals surface area contributed by atoms with Crippen LogP contribution in [0.4, 0.5) is 6.01 Å². The molecule has 0 saturated carbocycles. The molecule has 6 nitrogen and oxygen atoms in total. The zero-order valence-electron chi connectivity index (χ0n) is 12.2. The van der Waals surface area contributed by atoms with Crippen molar-refractivity contribution in [1.29, 1.82) is 0 Å². The number of hydrogen-bond acceptors (Lipinski definition) is 5. The average molecular weight is 277 g/mol. The molecule has 0 spiro atoms. The van der Waals surface area contributed by atoms with Crippen molar-refractivity contribution in [2.45, 2.75) is 40.5 Å². The second kappa shape index (κ2) is 5.90. The van der Waals surface area contributed by atoms with Gasteiger partial charge in [0.25, 0.3) is 5.89 Å². The standard InChI is InChI=1S/C14H19N3O3/c1-5-10(6-2)12(18)15-14-17-16-13(20-14)11-7-8(3)19-9(11)4/h7,10H,5-6H2,1-4H3,(H,15,17,18). The molecule has 0 atom stereocenters. The largest absolute Gasteiger partial charge is 0.466 e. The van der Waals surface area contributed by atoms with Crippen LogP contribution < -0.4 is 5.32 Å². The van der Waals surface area contributed by atoms with Crippen LogP contribution in [0, 0.1) is 19.8 Å². The Morgan fingerprint density at radius 1 is 1.25 bits per heavy atom. The van der Waals surface area contributed by atoms with Gasteiger partial charge in [-0.3, -0.25) is 10.1 Å². The molecular formula is C14H19N3O3. The van der Waals surface area contributed by atoms with Gasteiger partial charge in [-0.2, -0.15) is 0 Å². The quantitative estimate of drug-likeness (QED) is 0.906. The molecule has 0 unspecified atom stereocenters. The Kier molecular flexibility index (Phi) is 4.22. The molecule has 6 heteroatoms. The minimum Gasteiger partial charge on any atom is -0.466 e. The van der Waals surface area contributed by atoms with Crippen LogP contribution >= 0.6 is 0 Å². The van der Waals surface area contributed by atoms with Crippen molar-refractivity contribution in [3.05, 3.63) is 17.6 Å². The topological polar surface area (TPSA) is 81.2 Å². The van der Waals surface area contributed by atoms with E-state index in [0.717, 1.165) is 24.2 Å². The molecule has 0 bridgehead atoms. The van der Waals surface area contributed by atoms with Gasteiger partial charge >= 0.3 is 6.01 Å². The van der Waals surface area contributed by atoms with Crippen LogP contribution in [0.3, 0.4) is 0 Å². The number of nitrogens with zero attached hydrogens (tertiary/aromatic N) is 2. The van der Waals surface area contributed by atoms with Crippen LogP contribution in [0.2, 0.25) is 0 Å². The lowest BCUT2D eigenvalue weighted by atomic mass is 10.0. The highest BCUT2D eigenvalue weighted by atomic mass is 16.4. The highest BCUT2D eigenvalue weighted by molar-refractivity contribution is 5.90. The summed E-state index contributed by atoms with van der Waals surface area (Å²) in [5.74, 6) is 1.70. The fourth-order valence-corrected chi connectivity index (χ4v) is 2.09. The average Bonchev–Trinajstić information content (AvgIpc) is 2.97. The number of aryl methyl sites for hydroxylation is 2. The maximum atomic E-state index is 11.9. The molecule has 0 aromatic carbocycles. The lowest BCUT2D eigenvalue weighted by Gasteiger charge is -2.09. The summed E-state index contributed by atoms with van der Waals surface area (Å²) >= 11 is 0. The van der Waals surface area contributed by atoms with Gasteiger partial charge in [-0.05, 0) is 32.8 Å². The molecule has 20 heavy (non-hydrogen) atoms. The highest BCUT2D eigenvalue weighted by Gasteiger charge is 2.19. The van der Waals surface area contributed by atoms with Gasteiger partial charge in [0.15, 0.2) is 0 Å². The Morgan fingerprint density at radius 3 is 2.50 bits per heavy atom. The summed E-state index contributed by atoms with van der Waals surface area (Å²) in [5.41, 5.74) is 0.748. The van der Waals surface area contributed by atoms with Gasteiger partial charge in [0, 0.05) is 5.92 Å². The Morgan fingerprint density at radius 2 is 1.95 bits per heavy atom. The lowest BCUT2D eigenvalue weighted by Crippen LogP contribution is -2.21. The van der Waals surface area contributed by atoms with Crippen LogP contribution in [0.15, 0.2) is 14.9 Å². The fraction of sp³-hybridized carbons (Fsp3) is 0.500. The number of carbonyl (C=O) groups is 1. The summed E-state index contributed by atoms with van der Waals surface area (Å²) in [6.07, 6.45) is 1.56. The number of aromatic nitrogens is 2. The molecule has 1 amide bonds. The first-order chi connectivity index (χ1) is 9.55. The molecule has 1 N–H and O–H groups in total. The summed E-state index contributed by atoms with van der Waals surface area (Å²) in [5, 5.41) is 10.4. The third-order valence-corrected chi connectivity index (χ3v) is 3.28. The van der Waals surface area contributed by atoms with E-state index in [2.05, 4.69) is 15.5 Å². The van der Waals surface area contributed by atoms with Crippen molar-refractivity contribution in [1.82, 2.24) is 10.2 Å². The number of rotatable bonds is 5. The molecule has 108 valence electrons. The summed E-state index contributed by atoms with van der Waals surface area (Å²) < 4.78 is 10.9. The van der Waals surface area contributed by atoms with Gasteiger partial charge in [-0.25, -0.2) is 0 Å². The minimum absolute atomic E-state index is 0.0387. The number of anilines is 1. The maximum absolute atomic E-state index is 11.9. The number of furan rings is 1. The predicted octanol–water partition coefficient (Wildman–Crippen LogP) is 3.32. The molecule has 0 aliphatic rings. The van der Waals surface area contributed by atoms with E-state index in [1.54, 1.807) is 0 Å². The molecule has 2 aromatic heterocycles. The first kappa shape index (κ1) is 14.3. The van der Waals surface area contributed by atoms with Crippen molar-refractivity contribution in [3.8, 4) is 11.5 Å². The van der Waals surface area contributed by atoms with E-state index in [4.69, 9.17) is 8.83 Å².